The van der Waals surface area contributed by atoms with Crippen molar-refractivity contribution in [1.29, 1.82) is 0 Å². The van der Waals surface area contributed by atoms with Crippen molar-refractivity contribution in [2.45, 2.75) is 69.4 Å². The molecule has 2 amide bonds. The van der Waals surface area contributed by atoms with Gasteiger partial charge in [0.1, 0.15) is 5.01 Å². The van der Waals surface area contributed by atoms with Crippen LogP contribution in [0.1, 0.15) is 74.3 Å². The molecule has 0 unspecified atom stereocenters. The summed E-state index contributed by atoms with van der Waals surface area (Å²) in [6.45, 7) is 3.17. The van der Waals surface area contributed by atoms with Crippen LogP contribution in [0.5, 0.6) is 0 Å². The number of alkyl halides is 3. The molecule has 3 N–H and O–H groups in total. The van der Waals surface area contributed by atoms with Gasteiger partial charge in [0.2, 0.25) is 0 Å². The Morgan fingerprint density at radius 1 is 1.02 bits per heavy atom. The maximum atomic E-state index is 14.1. The smallest absolute Gasteiger partial charge is 0.389 e. The van der Waals surface area contributed by atoms with Crippen molar-refractivity contribution in [1.82, 2.24) is 20.5 Å². The molecule has 47 heavy (non-hydrogen) atoms. The Balaban J connectivity index is 1.36. The van der Waals surface area contributed by atoms with E-state index >= 15 is 0 Å². The number of carbonyl (C=O) groups excluding carboxylic acids is 2. The Bertz CT molecular complexity index is 1720. The third kappa shape index (κ3) is 7.58. The molecule has 0 saturated carbocycles. The van der Waals surface area contributed by atoms with Gasteiger partial charge < -0.3 is 20.6 Å². The number of nitrogens with zero attached hydrogens (tertiary/aromatic N) is 2. The van der Waals surface area contributed by atoms with Crippen molar-refractivity contribution in [3.05, 3.63) is 111 Å². The normalized spacial score (nSPS) is 19.5. The first-order valence-electron chi connectivity index (χ1n) is 15.9. The fourth-order valence-electron chi connectivity index (χ4n) is 6.54. The number of amides is 2. The van der Waals surface area contributed by atoms with Crippen LogP contribution < -0.4 is 10.6 Å². The number of aliphatic hydroxyl groups excluding tert-OH is 1. The van der Waals surface area contributed by atoms with Crippen molar-refractivity contribution < 1.29 is 27.9 Å². The molecule has 4 aromatic rings. The summed E-state index contributed by atoms with van der Waals surface area (Å²) in [5, 5.41) is 20.5. The summed E-state index contributed by atoms with van der Waals surface area (Å²) in [6, 6.07) is 17.9. The molecule has 3 aromatic carbocycles. The van der Waals surface area contributed by atoms with Crippen molar-refractivity contribution in [2.75, 3.05) is 13.1 Å². The van der Waals surface area contributed by atoms with E-state index in [1.54, 1.807) is 11.0 Å². The largest absolute Gasteiger partial charge is 0.416 e. The van der Waals surface area contributed by atoms with Gasteiger partial charge in [-0.3, -0.25) is 9.59 Å². The Hall–Kier alpha value is -4.06. The van der Waals surface area contributed by atoms with Crippen LogP contribution in [0, 0.1) is 6.92 Å². The van der Waals surface area contributed by atoms with Gasteiger partial charge in [-0.05, 0) is 92.6 Å². The number of hydrogen-bond donors (Lipinski definition) is 3. The van der Waals surface area contributed by atoms with Crippen LogP contribution in [0.4, 0.5) is 13.2 Å². The highest BCUT2D eigenvalue weighted by Crippen LogP contribution is 2.36. The van der Waals surface area contributed by atoms with Gasteiger partial charge in [0.05, 0.1) is 23.8 Å². The van der Waals surface area contributed by atoms with E-state index in [2.05, 4.69) is 15.6 Å². The predicted molar refractivity (Wildman–Crippen MR) is 175 cm³/mol. The van der Waals surface area contributed by atoms with Crippen molar-refractivity contribution in [3.63, 3.8) is 0 Å². The summed E-state index contributed by atoms with van der Waals surface area (Å²) < 4.78 is 41.0. The maximum absolute atomic E-state index is 14.1. The number of rotatable bonds is 9. The van der Waals surface area contributed by atoms with E-state index in [-0.39, 0.29) is 34.7 Å². The van der Waals surface area contributed by atoms with E-state index in [9.17, 15) is 27.9 Å². The highest BCUT2D eigenvalue weighted by molar-refractivity contribution is 7.09. The van der Waals surface area contributed by atoms with Crippen LogP contribution >= 0.6 is 11.3 Å². The average Bonchev–Trinajstić information content (AvgIpc) is 3.86. The molecule has 7 nitrogen and oxygen atoms in total. The van der Waals surface area contributed by atoms with Crippen LogP contribution in [0.2, 0.25) is 0 Å². The number of aromatic nitrogens is 1. The number of carbonyl (C=O) groups is 2. The lowest BCUT2D eigenvalue weighted by molar-refractivity contribution is -0.137. The Kier molecular flexibility index (Phi) is 9.77. The number of aliphatic hydroxyl groups is 1. The molecule has 2 fully saturated rings. The lowest BCUT2D eigenvalue weighted by Crippen LogP contribution is -2.52. The number of halogens is 3. The van der Waals surface area contributed by atoms with Gasteiger partial charge in [-0.1, -0.05) is 42.5 Å². The van der Waals surface area contributed by atoms with Gasteiger partial charge in [-0.2, -0.15) is 13.2 Å². The summed E-state index contributed by atoms with van der Waals surface area (Å²) in [6.07, 6.45) is -1.88. The lowest BCUT2D eigenvalue weighted by atomic mass is 9.94. The van der Waals surface area contributed by atoms with Crippen LogP contribution in [-0.2, 0) is 12.6 Å². The van der Waals surface area contributed by atoms with E-state index in [4.69, 9.17) is 0 Å². The summed E-state index contributed by atoms with van der Waals surface area (Å²) in [5.41, 5.74) is 1.83. The monoisotopic (exact) mass is 662 g/mol. The first-order chi connectivity index (χ1) is 22.6. The summed E-state index contributed by atoms with van der Waals surface area (Å²) in [5.74, 6) is -0.848. The standard InChI is InChI=1S/C36H37F3N4O3S/c1-22-21-47-34(41-22)31-13-7-15-43(31)35(46)27-18-25(24-10-5-11-28(20-24)36(37,38)39)17-26(19-27)33(45)42-30(16-23-8-3-2-4-9-23)32(44)29-12-6-14-40-29/h2-5,8-11,17-21,29-32,40,44H,6-7,12-16H2,1H3,(H,42,45)/t29-,30+,31-,32+/m1/s1. The average molecular weight is 663 g/mol. The third-order valence-corrected chi connectivity index (χ3v) is 10.0. The zero-order valence-corrected chi connectivity index (χ0v) is 26.8. The molecular weight excluding hydrogens is 625 g/mol. The van der Waals surface area contributed by atoms with Gasteiger partial charge in [0.25, 0.3) is 11.8 Å². The van der Waals surface area contributed by atoms with Gasteiger partial charge in [-0.25, -0.2) is 4.98 Å². The molecule has 0 spiro atoms. The van der Waals surface area contributed by atoms with E-state index in [0.29, 0.717) is 18.5 Å². The molecule has 3 heterocycles. The minimum absolute atomic E-state index is 0.119. The molecule has 2 aliphatic heterocycles. The molecule has 4 atom stereocenters. The number of likely N-dealkylation sites (tertiary alicyclic amines) is 1. The van der Waals surface area contributed by atoms with Gasteiger partial charge in [-0.15, -0.1) is 11.3 Å². The van der Waals surface area contributed by atoms with Gasteiger partial charge in [0, 0.05) is 34.8 Å². The van der Waals surface area contributed by atoms with Gasteiger partial charge in [0.15, 0.2) is 0 Å². The van der Waals surface area contributed by atoms with Crippen molar-refractivity contribution in [3.8, 4) is 11.1 Å². The molecule has 246 valence electrons. The molecule has 6 rings (SSSR count). The first kappa shape index (κ1) is 32.9. The van der Waals surface area contributed by atoms with Gasteiger partial charge >= 0.3 is 6.18 Å². The van der Waals surface area contributed by atoms with E-state index in [0.717, 1.165) is 60.6 Å². The number of thiazole rings is 1. The minimum Gasteiger partial charge on any atom is -0.389 e. The quantitative estimate of drug-likeness (QED) is 0.189. The van der Waals surface area contributed by atoms with E-state index in [1.807, 2.05) is 42.6 Å². The molecular formula is C36H37F3N4O3S. The van der Waals surface area contributed by atoms with Crippen molar-refractivity contribution in [2.24, 2.45) is 0 Å². The Morgan fingerprint density at radius 2 is 1.81 bits per heavy atom. The minimum atomic E-state index is -4.56. The maximum Gasteiger partial charge on any atom is 0.416 e. The fourth-order valence-corrected chi connectivity index (χ4v) is 7.48. The fraction of sp³-hybridized carbons (Fsp3) is 0.361. The predicted octanol–water partition coefficient (Wildman–Crippen LogP) is 6.57. The molecule has 0 bridgehead atoms. The molecule has 0 aliphatic carbocycles. The van der Waals surface area contributed by atoms with Crippen molar-refractivity contribution >= 4 is 23.2 Å². The number of aryl methyl sites for hydroxylation is 1. The summed E-state index contributed by atoms with van der Waals surface area (Å²) in [7, 11) is 0. The highest BCUT2D eigenvalue weighted by Gasteiger charge is 2.35. The zero-order valence-electron chi connectivity index (χ0n) is 26.0. The zero-order chi connectivity index (χ0) is 33.1. The molecule has 11 heteroatoms. The van der Waals surface area contributed by atoms with Crippen LogP contribution in [0.25, 0.3) is 11.1 Å². The Labute approximate surface area is 275 Å². The third-order valence-electron chi connectivity index (χ3n) is 8.94. The van der Waals surface area contributed by atoms with Crippen LogP contribution in [-0.4, -0.2) is 58.1 Å². The topological polar surface area (TPSA) is 94.6 Å². The van der Waals surface area contributed by atoms with E-state index in [1.165, 1.54) is 35.6 Å². The second-order valence-electron chi connectivity index (χ2n) is 12.3. The lowest BCUT2D eigenvalue weighted by Gasteiger charge is -2.29. The first-order valence-corrected chi connectivity index (χ1v) is 16.8. The Morgan fingerprint density at radius 3 is 2.51 bits per heavy atom. The summed E-state index contributed by atoms with van der Waals surface area (Å²) in [4.78, 5) is 34.5. The molecule has 2 saturated heterocycles. The molecule has 1 aromatic heterocycles. The van der Waals surface area contributed by atoms with E-state index < -0.39 is 29.8 Å². The highest BCUT2D eigenvalue weighted by atomic mass is 32.1. The number of benzene rings is 3. The second kappa shape index (κ2) is 14.0. The number of hydrogen-bond acceptors (Lipinski definition) is 6. The molecule has 2 aliphatic rings. The van der Waals surface area contributed by atoms with Crippen LogP contribution in [0.15, 0.2) is 78.2 Å². The molecule has 0 radical (unpaired) electrons. The summed E-state index contributed by atoms with van der Waals surface area (Å²) >= 11 is 1.49. The number of nitrogens with one attached hydrogen (secondary N) is 2. The SMILES string of the molecule is Cc1csc([C@H]2CCCN2C(=O)c2cc(C(=O)N[C@@H](Cc3ccccc3)[C@@H](O)[C@H]3CCCN3)cc(-c3cccc(C(F)(F)F)c3)c2)n1. The second-order valence-corrected chi connectivity index (χ2v) is 13.2. The van der Waals surface area contributed by atoms with Crippen LogP contribution in [0.3, 0.4) is 0 Å².